The highest BCUT2D eigenvalue weighted by atomic mass is 16.4. The number of nitrogens with two attached hydrogens (primary N) is 3. The lowest BCUT2D eigenvalue weighted by Gasteiger charge is -2.25. The molecule has 0 spiro atoms. The normalized spacial score (nSPS) is 14.6. The van der Waals surface area contributed by atoms with Crippen LogP contribution in [0.15, 0.2) is 4.99 Å². The average molecular weight is 419 g/mol. The topological polar surface area (TPSA) is 255 Å². The van der Waals surface area contributed by atoms with E-state index in [1.807, 2.05) is 5.32 Å². The largest absolute Gasteiger partial charge is 0.480 e. The van der Waals surface area contributed by atoms with Gasteiger partial charge in [-0.25, -0.2) is 0 Å². The molecule has 0 aromatic rings. The predicted molar refractivity (Wildman–Crippen MR) is 101 cm³/mol. The Morgan fingerprint density at radius 3 is 2.17 bits per heavy atom. The molecule has 12 N–H and O–H groups in total. The van der Waals surface area contributed by atoms with E-state index in [9.17, 15) is 24.3 Å². The molecular formula is C15H29N7O7. The van der Waals surface area contributed by atoms with Crippen LogP contribution in [-0.2, 0) is 19.2 Å². The van der Waals surface area contributed by atoms with Crippen molar-refractivity contribution in [1.82, 2.24) is 16.0 Å². The molecule has 14 heteroatoms. The first kappa shape index (κ1) is 26.0. The molecule has 3 amide bonds. The average Bonchev–Trinajstić information content (AvgIpc) is 2.64. The zero-order chi connectivity index (χ0) is 22.6. The number of nitrogens with zero attached hydrogens (tertiary/aromatic N) is 1. The van der Waals surface area contributed by atoms with E-state index < -0.39 is 61.1 Å². The summed E-state index contributed by atoms with van der Waals surface area (Å²) in [6.45, 7) is 0.0241. The number of carboxylic acid groups (broad SMARTS) is 1. The zero-order valence-electron chi connectivity index (χ0n) is 16.0. The molecule has 14 nitrogen and oxygen atoms in total. The number of carbonyl (C=O) groups is 4. The van der Waals surface area contributed by atoms with Crippen molar-refractivity contribution in [2.75, 3.05) is 19.7 Å². The van der Waals surface area contributed by atoms with Crippen LogP contribution in [0.5, 0.6) is 0 Å². The van der Waals surface area contributed by atoms with Crippen LogP contribution in [0.1, 0.15) is 19.8 Å². The van der Waals surface area contributed by atoms with Crippen molar-refractivity contribution < 1.29 is 34.5 Å². The van der Waals surface area contributed by atoms with Gasteiger partial charge in [0.15, 0.2) is 5.96 Å². The summed E-state index contributed by atoms with van der Waals surface area (Å²) in [6.07, 6.45) is -1.03. The number of aliphatic imine (C=N–C) groups is 1. The second-order valence-corrected chi connectivity index (χ2v) is 6.14. The number of aliphatic carboxylic acids is 1. The highest BCUT2D eigenvalue weighted by molar-refractivity contribution is 5.93. The molecule has 29 heavy (non-hydrogen) atoms. The lowest BCUT2D eigenvalue weighted by atomic mass is 10.1. The molecule has 0 rings (SSSR count). The van der Waals surface area contributed by atoms with Gasteiger partial charge in [0.1, 0.15) is 24.7 Å². The van der Waals surface area contributed by atoms with Crippen LogP contribution in [-0.4, -0.2) is 88.9 Å². The number of rotatable bonds is 13. The maximum atomic E-state index is 12.6. The van der Waals surface area contributed by atoms with Crippen LogP contribution in [0, 0.1) is 0 Å². The van der Waals surface area contributed by atoms with Gasteiger partial charge in [-0.3, -0.25) is 24.2 Å². The van der Waals surface area contributed by atoms with Gasteiger partial charge in [0.2, 0.25) is 17.7 Å². The van der Waals surface area contributed by atoms with Crippen molar-refractivity contribution in [1.29, 1.82) is 0 Å². The second kappa shape index (κ2) is 13.2. The molecule has 0 aliphatic rings. The summed E-state index contributed by atoms with van der Waals surface area (Å²) in [5, 5.41) is 34.0. The Hall–Kier alpha value is -2.97. The van der Waals surface area contributed by atoms with E-state index in [2.05, 4.69) is 15.6 Å². The first-order valence-corrected chi connectivity index (χ1v) is 8.69. The van der Waals surface area contributed by atoms with Crippen molar-refractivity contribution in [2.24, 2.45) is 22.2 Å². The Labute approximate surface area is 166 Å². The molecule has 0 saturated heterocycles. The summed E-state index contributed by atoms with van der Waals surface area (Å²) < 4.78 is 0. The van der Waals surface area contributed by atoms with Gasteiger partial charge in [-0.15, -0.1) is 0 Å². The number of nitrogens with one attached hydrogen (secondary N) is 3. The third kappa shape index (κ3) is 10.8. The Morgan fingerprint density at radius 1 is 1.07 bits per heavy atom. The molecule has 0 aromatic carbocycles. The molecule has 0 bridgehead atoms. The second-order valence-electron chi connectivity index (χ2n) is 6.14. The van der Waals surface area contributed by atoms with E-state index in [1.54, 1.807) is 0 Å². The van der Waals surface area contributed by atoms with Crippen LogP contribution in [0.4, 0.5) is 0 Å². The number of hydrogen-bond donors (Lipinski definition) is 9. The summed E-state index contributed by atoms with van der Waals surface area (Å²) in [6, 6.07) is -3.91. The van der Waals surface area contributed by atoms with Gasteiger partial charge in [0.25, 0.3) is 0 Å². The summed E-state index contributed by atoms with van der Waals surface area (Å²) >= 11 is 0. The van der Waals surface area contributed by atoms with Crippen LogP contribution < -0.4 is 33.2 Å². The SMILES string of the molecule is CC(O)C(NC(=O)C(CCCN=C(N)N)NC(=O)C(N)CO)C(=O)NCC(=O)O. The quantitative estimate of drug-likeness (QED) is 0.0779. The minimum absolute atomic E-state index is 0.0514. The minimum atomic E-state index is -1.47. The fourth-order valence-corrected chi connectivity index (χ4v) is 2.07. The molecule has 4 atom stereocenters. The van der Waals surface area contributed by atoms with Crippen LogP contribution in [0.3, 0.4) is 0 Å². The highest BCUT2D eigenvalue weighted by Crippen LogP contribution is 2.02. The number of amides is 3. The molecule has 0 radical (unpaired) electrons. The van der Waals surface area contributed by atoms with E-state index in [1.165, 1.54) is 6.92 Å². The van der Waals surface area contributed by atoms with Crippen molar-refractivity contribution >= 4 is 29.7 Å². The van der Waals surface area contributed by atoms with Gasteiger partial charge in [-0.05, 0) is 19.8 Å². The molecule has 0 aliphatic carbocycles. The molecule has 4 unspecified atom stereocenters. The maximum absolute atomic E-state index is 12.6. The van der Waals surface area contributed by atoms with E-state index in [0.29, 0.717) is 0 Å². The van der Waals surface area contributed by atoms with Gasteiger partial charge >= 0.3 is 5.97 Å². The molecular weight excluding hydrogens is 390 g/mol. The van der Waals surface area contributed by atoms with E-state index in [-0.39, 0.29) is 25.3 Å². The Kier molecular flexibility index (Phi) is 11.9. The molecule has 0 fully saturated rings. The van der Waals surface area contributed by atoms with Crippen molar-refractivity contribution in [3.8, 4) is 0 Å². The van der Waals surface area contributed by atoms with Crippen molar-refractivity contribution in [3.63, 3.8) is 0 Å². The van der Waals surface area contributed by atoms with Crippen molar-refractivity contribution in [2.45, 2.75) is 44.0 Å². The summed E-state index contributed by atoms with van der Waals surface area (Å²) in [5.74, 6) is -4.02. The fourth-order valence-electron chi connectivity index (χ4n) is 2.07. The van der Waals surface area contributed by atoms with Gasteiger partial charge in [0.05, 0.1) is 12.7 Å². The number of aliphatic hydroxyl groups is 2. The van der Waals surface area contributed by atoms with Gasteiger partial charge in [-0.1, -0.05) is 0 Å². The number of carboxylic acids is 1. The monoisotopic (exact) mass is 419 g/mol. The van der Waals surface area contributed by atoms with Crippen molar-refractivity contribution in [3.05, 3.63) is 0 Å². The van der Waals surface area contributed by atoms with E-state index in [4.69, 9.17) is 27.4 Å². The number of guanidine groups is 1. The van der Waals surface area contributed by atoms with Gasteiger partial charge in [0, 0.05) is 6.54 Å². The Morgan fingerprint density at radius 2 is 1.69 bits per heavy atom. The first-order chi connectivity index (χ1) is 13.5. The standard InChI is InChI=1S/C15H29N7O7/c1-7(24)11(14(29)20-5-10(25)26)22-13(28)9(3-2-4-19-15(17)18)21-12(27)8(16)6-23/h7-9,11,23-24H,2-6,16H2,1H3,(H,20,29)(H,21,27)(H,22,28)(H,25,26)(H4,17,18,19). The van der Waals surface area contributed by atoms with E-state index in [0.717, 1.165) is 0 Å². The summed E-state index contributed by atoms with van der Waals surface area (Å²) in [5.41, 5.74) is 15.8. The third-order valence-corrected chi connectivity index (χ3v) is 3.59. The third-order valence-electron chi connectivity index (χ3n) is 3.59. The Bertz CT molecular complexity index is 608. The first-order valence-electron chi connectivity index (χ1n) is 8.69. The van der Waals surface area contributed by atoms with Gasteiger partial charge in [-0.2, -0.15) is 0 Å². The predicted octanol–water partition coefficient (Wildman–Crippen LogP) is -5.09. The molecule has 166 valence electrons. The van der Waals surface area contributed by atoms with Crippen LogP contribution in [0.25, 0.3) is 0 Å². The van der Waals surface area contributed by atoms with E-state index >= 15 is 0 Å². The fraction of sp³-hybridized carbons (Fsp3) is 0.667. The number of aliphatic hydroxyl groups excluding tert-OH is 2. The maximum Gasteiger partial charge on any atom is 0.322 e. The smallest absolute Gasteiger partial charge is 0.322 e. The minimum Gasteiger partial charge on any atom is -0.480 e. The zero-order valence-corrected chi connectivity index (χ0v) is 16.0. The van der Waals surface area contributed by atoms with Gasteiger partial charge < -0.3 is 48.5 Å². The molecule has 0 saturated carbocycles. The summed E-state index contributed by atoms with van der Waals surface area (Å²) in [7, 11) is 0. The van der Waals surface area contributed by atoms with Crippen LogP contribution in [0.2, 0.25) is 0 Å². The number of hydrogen-bond acceptors (Lipinski definition) is 8. The highest BCUT2D eigenvalue weighted by Gasteiger charge is 2.30. The number of carbonyl (C=O) groups excluding carboxylic acids is 3. The Balaban J connectivity index is 5.19. The molecule has 0 aromatic heterocycles. The lowest BCUT2D eigenvalue weighted by molar-refractivity contribution is -0.139. The molecule has 0 aliphatic heterocycles. The lowest BCUT2D eigenvalue weighted by Crippen LogP contribution is -2.59. The molecule has 0 heterocycles. The van der Waals surface area contributed by atoms with Crippen LogP contribution >= 0.6 is 0 Å². The summed E-state index contributed by atoms with van der Waals surface area (Å²) in [4.78, 5) is 50.8.